The van der Waals surface area contributed by atoms with E-state index in [4.69, 9.17) is 9.47 Å². The Balaban J connectivity index is 1.51. The second kappa shape index (κ2) is 9.54. The zero-order valence-electron chi connectivity index (χ0n) is 22.8. The van der Waals surface area contributed by atoms with E-state index in [0.29, 0.717) is 46.8 Å². The molecule has 1 saturated heterocycles. The fourth-order valence-electron chi connectivity index (χ4n) is 5.81. The van der Waals surface area contributed by atoms with Crippen molar-refractivity contribution >= 4 is 16.7 Å². The first kappa shape index (κ1) is 25.4. The lowest BCUT2D eigenvalue weighted by molar-refractivity contribution is 0.103. The zero-order valence-corrected chi connectivity index (χ0v) is 22.8. The Morgan fingerprint density at radius 3 is 2.49 bits per heavy atom. The highest BCUT2D eigenvalue weighted by Gasteiger charge is 2.41. The summed E-state index contributed by atoms with van der Waals surface area (Å²) in [7, 11) is 0. The van der Waals surface area contributed by atoms with Crippen molar-refractivity contribution in [3.63, 3.8) is 0 Å². The van der Waals surface area contributed by atoms with Gasteiger partial charge in [-0.1, -0.05) is 19.9 Å². The Morgan fingerprint density at radius 1 is 1.11 bits per heavy atom. The minimum Gasteiger partial charge on any atom is -0.489 e. The van der Waals surface area contributed by atoms with Crippen LogP contribution >= 0.6 is 0 Å². The van der Waals surface area contributed by atoms with E-state index < -0.39 is 5.41 Å². The standard InChI is InChI=1S/C31H37N3O3/c1-18(2)34-11-9-20(10-12-34)17-36-26-15-24-23(14-27(26)37-19(3)4)29(35)28-22-8-7-21(16-32)13-25(22)33-30(28)31(24,5)6/h7-8,13-15,18-20,33H,9-12,17H2,1-6H3. The summed E-state index contributed by atoms with van der Waals surface area (Å²) in [4.78, 5) is 19.9. The second-order valence-corrected chi connectivity index (χ2v) is 11.6. The molecular formula is C31H37N3O3. The van der Waals surface area contributed by atoms with Crippen molar-refractivity contribution in [2.24, 2.45) is 5.92 Å². The Labute approximate surface area is 219 Å². The van der Waals surface area contributed by atoms with Crippen molar-refractivity contribution in [1.82, 2.24) is 9.88 Å². The minimum atomic E-state index is -0.457. The number of nitriles is 1. The highest BCUT2D eigenvalue weighted by atomic mass is 16.5. The maximum Gasteiger partial charge on any atom is 0.195 e. The molecule has 0 unspecified atom stereocenters. The summed E-state index contributed by atoms with van der Waals surface area (Å²) >= 11 is 0. The number of fused-ring (bicyclic) bond motifs is 4. The summed E-state index contributed by atoms with van der Waals surface area (Å²) in [5.41, 5.74) is 4.05. The van der Waals surface area contributed by atoms with Gasteiger partial charge in [0.05, 0.1) is 29.9 Å². The molecule has 37 heavy (non-hydrogen) atoms. The van der Waals surface area contributed by atoms with Gasteiger partial charge < -0.3 is 19.4 Å². The van der Waals surface area contributed by atoms with Gasteiger partial charge in [-0.2, -0.15) is 5.26 Å². The summed E-state index contributed by atoms with van der Waals surface area (Å²) < 4.78 is 12.6. The fraction of sp³-hybridized carbons (Fsp3) is 0.484. The van der Waals surface area contributed by atoms with Gasteiger partial charge in [0, 0.05) is 33.6 Å². The Morgan fingerprint density at radius 2 is 1.84 bits per heavy atom. The van der Waals surface area contributed by atoms with E-state index in [1.165, 1.54) is 0 Å². The van der Waals surface area contributed by atoms with Crippen molar-refractivity contribution in [2.45, 2.75) is 71.9 Å². The topological polar surface area (TPSA) is 78.3 Å². The average Bonchev–Trinajstić information content (AvgIpc) is 3.26. The van der Waals surface area contributed by atoms with E-state index in [1.807, 2.05) is 38.1 Å². The molecule has 1 aliphatic heterocycles. The van der Waals surface area contributed by atoms with E-state index in [2.05, 4.69) is 43.6 Å². The molecule has 194 valence electrons. The molecule has 0 amide bonds. The summed E-state index contributed by atoms with van der Waals surface area (Å²) in [5.74, 6) is 1.79. The van der Waals surface area contributed by atoms with Crippen LogP contribution in [0, 0.1) is 17.2 Å². The van der Waals surface area contributed by atoms with Crippen LogP contribution in [0.2, 0.25) is 0 Å². The van der Waals surface area contributed by atoms with Gasteiger partial charge in [-0.05, 0) is 89.4 Å². The summed E-state index contributed by atoms with van der Waals surface area (Å²) in [6.07, 6.45) is 2.20. The first-order valence-corrected chi connectivity index (χ1v) is 13.4. The average molecular weight is 500 g/mol. The zero-order chi connectivity index (χ0) is 26.5. The predicted octanol–water partition coefficient (Wildman–Crippen LogP) is 6.20. The number of carbonyl (C=O) groups excluding carboxylic acids is 1. The normalized spacial score (nSPS) is 17.6. The van der Waals surface area contributed by atoms with Crippen LogP contribution in [-0.2, 0) is 5.41 Å². The predicted molar refractivity (Wildman–Crippen MR) is 146 cm³/mol. The van der Waals surface area contributed by atoms with Crippen molar-refractivity contribution in [1.29, 1.82) is 5.26 Å². The number of ketones is 1. The fourth-order valence-corrected chi connectivity index (χ4v) is 5.81. The summed E-state index contributed by atoms with van der Waals surface area (Å²) in [5, 5.41) is 10.2. The lowest BCUT2D eigenvalue weighted by atomic mass is 9.71. The van der Waals surface area contributed by atoms with Crippen LogP contribution in [0.1, 0.15) is 87.1 Å². The SMILES string of the molecule is CC(C)Oc1cc2c(cc1OCC1CCN(C(C)C)CC1)C(C)(C)c1[nH]c3cc(C#N)ccc3c1C2=O. The molecule has 1 fully saturated rings. The first-order chi connectivity index (χ1) is 17.6. The number of hydrogen-bond donors (Lipinski definition) is 1. The van der Waals surface area contributed by atoms with Crippen molar-refractivity contribution in [3.05, 3.63) is 58.3 Å². The molecule has 1 aliphatic carbocycles. The lowest BCUT2D eigenvalue weighted by Crippen LogP contribution is -2.39. The van der Waals surface area contributed by atoms with Crippen LogP contribution in [0.15, 0.2) is 30.3 Å². The van der Waals surface area contributed by atoms with Gasteiger partial charge in [0.1, 0.15) is 0 Å². The Kier molecular flexibility index (Phi) is 6.53. The van der Waals surface area contributed by atoms with Crippen molar-refractivity contribution < 1.29 is 14.3 Å². The third-order valence-corrected chi connectivity index (χ3v) is 8.00. The van der Waals surface area contributed by atoms with Gasteiger partial charge in [-0.25, -0.2) is 0 Å². The molecule has 2 aromatic carbocycles. The third kappa shape index (κ3) is 4.51. The molecule has 0 atom stereocenters. The molecule has 2 heterocycles. The minimum absolute atomic E-state index is 0.0264. The Bertz CT molecular complexity index is 1380. The van der Waals surface area contributed by atoms with Gasteiger partial charge in [-0.15, -0.1) is 0 Å². The highest BCUT2D eigenvalue weighted by Crippen LogP contribution is 2.47. The molecule has 0 bridgehead atoms. The maximum absolute atomic E-state index is 13.9. The molecule has 6 nitrogen and oxygen atoms in total. The molecular weight excluding hydrogens is 462 g/mol. The quantitative estimate of drug-likeness (QED) is 0.437. The van der Waals surface area contributed by atoms with E-state index in [-0.39, 0.29) is 11.9 Å². The number of nitrogens with zero attached hydrogens (tertiary/aromatic N) is 2. The van der Waals surface area contributed by atoms with Crippen molar-refractivity contribution in [3.8, 4) is 17.6 Å². The number of hydrogen-bond acceptors (Lipinski definition) is 5. The van der Waals surface area contributed by atoms with Crippen LogP contribution < -0.4 is 9.47 Å². The van der Waals surface area contributed by atoms with Crippen LogP contribution in [0.3, 0.4) is 0 Å². The third-order valence-electron chi connectivity index (χ3n) is 8.00. The maximum atomic E-state index is 13.9. The largest absolute Gasteiger partial charge is 0.489 e. The number of benzene rings is 2. The van der Waals surface area contributed by atoms with E-state index in [1.54, 1.807) is 6.07 Å². The number of aromatic amines is 1. The summed E-state index contributed by atoms with van der Waals surface area (Å²) in [6.45, 7) is 15.6. The van der Waals surface area contributed by atoms with Gasteiger partial charge >= 0.3 is 0 Å². The van der Waals surface area contributed by atoms with E-state index >= 15 is 0 Å². The smallest absolute Gasteiger partial charge is 0.195 e. The van der Waals surface area contributed by atoms with Crippen LogP contribution in [0.4, 0.5) is 0 Å². The second-order valence-electron chi connectivity index (χ2n) is 11.6. The molecule has 0 saturated carbocycles. The molecule has 5 rings (SSSR count). The van der Waals surface area contributed by atoms with Crippen molar-refractivity contribution in [2.75, 3.05) is 19.7 Å². The van der Waals surface area contributed by atoms with Crippen LogP contribution in [0.25, 0.3) is 10.9 Å². The number of H-pyrrole nitrogens is 1. The number of nitrogens with one attached hydrogen (secondary N) is 1. The number of aromatic nitrogens is 1. The molecule has 0 spiro atoms. The van der Waals surface area contributed by atoms with Gasteiger partial charge in [0.15, 0.2) is 17.3 Å². The number of carbonyl (C=O) groups is 1. The molecule has 6 heteroatoms. The Hall–Kier alpha value is -3.30. The molecule has 3 aromatic rings. The number of piperidine rings is 1. The van der Waals surface area contributed by atoms with Gasteiger partial charge in [0.25, 0.3) is 0 Å². The van der Waals surface area contributed by atoms with E-state index in [0.717, 1.165) is 48.1 Å². The molecule has 1 aromatic heterocycles. The van der Waals surface area contributed by atoms with Crippen LogP contribution in [0.5, 0.6) is 11.5 Å². The lowest BCUT2D eigenvalue weighted by Gasteiger charge is -2.35. The number of likely N-dealkylation sites (tertiary alicyclic amines) is 1. The molecule has 1 N–H and O–H groups in total. The summed E-state index contributed by atoms with van der Waals surface area (Å²) in [6, 6.07) is 12.1. The van der Waals surface area contributed by atoms with Gasteiger partial charge in [-0.3, -0.25) is 4.79 Å². The first-order valence-electron chi connectivity index (χ1n) is 13.4. The van der Waals surface area contributed by atoms with Gasteiger partial charge in [0.2, 0.25) is 0 Å². The highest BCUT2D eigenvalue weighted by molar-refractivity contribution is 6.20. The molecule has 2 aliphatic rings. The van der Waals surface area contributed by atoms with E-state index in [9.17, 15) is 10.1 Å². The number of rotatable bonds is 6. The number of ether oxygens (including phenoxy) is 2. The van der Waals surface area contributed by atoms with Crippen LogP contribution in [-0.4, -0.2) is 47.5 Å². The monoisotopic (exact) mass is 499 g/mol. The molecule has 0 radical (unpaired) electrons.